The lowest BCUT2D eigenvalue weighted by molar-refractivity contribution is -0.122. The van der Waals surface area contributed by atoms with Crippen molar-refractivity contribution in [2.75, 3.05) is 5.32 Å². The molecule has 20 heavy (non-hydrogen) atoms. The van der Waals surface area contributed by atoms with Gasteiger partial charge in [0.05, 0.1) is 0 Å². The molecular formula is C16H15BrN2O. The van der Waals surface area contributed by atoms with Crippen LogP contribution in [0, 0.1) is 0 Å². The number of amides is 1. The van der Waals surface area contributed by atoms with E-state index in [1.54, 1.807) is 0 Å². The smallest absolute Gasteiger partial charge is 0.247 e. The van der Waals surface area contributed by atoms with Crippen LogP contribution in [-0.4, -0.2) is 5.91 Å². The highest BCUT2D eigenvalue weighted by atomic mass is 79.9. The Balaban J connectivity index is 2.08. The summed E-state index contributed by atoms with van der Waals surface area (Å²) in [4.78, 5) is 12.1. The van der Waals surface area contributed by atoms with E-state index in [1.807, 2.05) is 42.5 Å². The maximum absolute atomic E-state index is 12.1. The van der Waals surface area contributed by atoms with Crippen molar-refractivity contribution in [3.05, 3.63) is 64.1 Å². The molecule has 1 amide bonds. The number of rotatable bonds is 3. The van der Waals surface area contributed by atoms with Gasteiger partial charge in [-0.05, 0) is 52.0 Å². The van der Waals surface area contributed by atoms with Crippen LogP contribution < -0.4 is 11.1 Å². The summed E-state index contributed by atoms with van der Waals surface area (Å²) in [7, 11) is 0. The van der Waals surface area contributed by atoms with E-state index in [4.69, 9.17) is 5.73 Å². The first-order valence-electron chi connectivity index (χ1n) is 6.54. The summed E-state index contributed by atoms with van der Waals surface area (Å²) in [5, 5.41) is 3.36. The van der Waals surface area contributed by atoms with Gasteiger partial charge in [0.25, 0.3) is 0 Å². The molecule has 1 unspecified atom stereocenters. The first kappa shape index (κ1) is 13.2. The summed E-state index contributed by atoms with van der Waals surface area (Å²) < 4.78 is 0.921. The zero-order chi connectivity index (χ0) is 14.2. The van der Waals surface area contributed by atoms with Crippen molar-refractivity contribution < 1.29 is 4.79 Å². The lowest BCUT2D eigenvalue weighted by Crippen LogP contribution is -2.46. The number of anilines is 1. The van der Waals surface area contributed by atoms with Crippen molar-refractivity contribution in [2.45, 2.75) is 18.4 Å². The van der Waals surface area contributed by atoms with Crippen LogP contribution in [0.4, 0.5) is 5.69 Å². The minimum Gasteiger partial charge on any atom is -0.367 e. The summed E-state index contributed by atoms with van der Waals surface area (Å²) in [5.41, 5.74) is 7.96. The summed E-state index contributed by atoms with van der Waals surface area (Å²) in [6.07, 6.45) is 1.54. The number of halogens is 1. The summed E-state index contributed by atoms with van der Waals surface area (Å²) in [6.45, 7) is 0. The third-order valence-electron chi connectivity index (χ3n) is 3.89. The molecular weight excluding hydrogens is 316 g/mol. The van der Waals surface area contributed by atoms with E-state index in [9.17, 15) is 4.79 Å². The van der Waals surface area contributed by atoms with Crippen molar-refractivity contribution in [2.24, 2.45) is 5.73 Å². The Kier molecular flexibility index (Phi) is 3.26. The number of carbonyl (C=O) groups excluding carboxylic acids is 1. The Labute approximate surface area is 126 Å². The molecule has 3 N–H and O–H groups in total. The number of nitrogens with two attached hydrogens (primary N) is 1. The van der Waals surface area contributed by atoms with Gasteiger partial charge in [0.2, 0.25) is 5.91 Å². The molecule has 1 aliphatic carbocycles. The Morgan fingerprint density at radius 1 is 1.15 bits per heavy atom. The number of primary amides is 1. The minimum atomic E-state index is -0.819. The van der Waals surface area contributed by atoms with Crippen LogP contribution in [0.3, 0.4) is 0 Å². The molecule has 0 fully saturated rings. The molecule has 0 saturated carbocycles. The third-order valence-corrected chi connectivity index (χ3v) is 4.58. The van der Waals surface area contributed by atoms with E-state index in [2.05, 4.69) is 27.3 Å². The summed E-state index contributed by atoms with van der Waals surface area (Å²) >= 11 is 3.50. The average Bonchev–Trinajstić information content (AvgIpc) is 2.82. The number of aryl methyl sites for hydroxylation is 1. The van der Waals surface area contributed by atoms with Crippen LogP contribution in [0.1, 0.15) is 17.5 Å². The Hall–Kier alpha value is -1.81. The van der Waals surface area contributed by atoms with Crippen molar-refractivity contribution in [1.29, 1.82) is 0 Å². The van der Waals surface area contributed by atoms with Crippen molar-refractivity contribution in [3.8, 4) is 0 Å². The molecule has 4 heteroatoms. The van der Waals surface area contributed by atoms with Crippen molar-refractivity contribution >= 4 is 27.5 Å². The van der Waals surface area contributed by atoms with Gasteiger partial charge in [0.15, 0.2) is 0 Å². The van der Waals surface area contributed by atoms with Crippen LogP contribution in [0.25, 0.3) is 0 Å². The van der Waals surface area contributed by atoms with E-state index < -0.39 is 5.54 Å². The van der Waals surface area contributed by atoms with Gasteiger partial charge in [-0.25, -0.2) is 0 Å². The molecule has 3 nitrogen and oxygen atoms in total. The number of fused-ring (bicyclic) bond motifs is 1. The van der Waals surface area contributed by atoms with Crippen LogP contribution in [0.15, 0.2) is 53.0 Å². The second kappa shape index (κ2) is 4.94. The molecule has 1 atom stereocenters. The highest BCUT2D eigenvalue weighted by Crippen LogP contribution is 2.40. The molecule has 0 bridgehead atoms. The quantitative estimate of drug-likeness (QED) is 0.908. The number of hydrogen-bond acceptors (Lipinski definition) is 2. The van der Waals surface area contributed by atoms with Gasteiger partial charge in [-0.3, -0.25) is 4.79 Å². The van der Waals surface area contributed by atoms with E-state index in [1.165, 1.54) is 5.56 Å². The first-order chi connectivity index (χ1) is 9.63. The molecule has 2 aromatic rings. The van der Waals surface area contributed by atoms with Gasteiger partial charge in [0.1, 0.15) is 5.54 Å². The maximum Gasteiger partial charge on any atom is 0.247 e. The topological polar surface area (TPSA) is 55.1 Å². The average molecular weight is 331 g/mol. The Morgan fingerprint density at radius 2 is 1.85 bits per heavy atom. The minimum absolute atomic E-state index is 0.335. The Bertz CT molecular complexity index is 671. The zero-order valence-electron chi connectivity index (χ0n) is 10.9. The number of carbonyl (C=O) groups is 1. The zero-order valence-corrected chi connectivity index (χ0v) is 12.5. The fourth-order valence-electron chi connectivity index (χ4n) is 2.85. The monoisotopic (exact) mass is 330 g/mol. The van der Waals surface area contributed by atoms with Gasteiger partial charge in [-0.1, -0.05) is 36.4 Å². The number of benzene rings is 2. The fourth-order valence-corrected chi connectivity index (χ4v) is 3.24. The molecule has 0 heterocycles. The second-order valence-corrected chi connectivity index (χ2v) is 5.89. The summed E-state index contributed by atoms with van der Waals surface area (Å²) in [5.74, 6) is -0.335. The fraction of sp³-hybridized carbons (Fsp3) is 0.188. The normalized spacial score (nSPS) is 20.4. The van der Waals surface area contributed by atoms with Gasteiger partial charge in [-0.15, -0.1) is 0 Å². The molecule has 2 aromatic carbocycles. The van der Waals surface area contributed by atoms with Gasteiger partial charge >= 0.3 is 0 Å². The summed E-state index contributed by atoms with van der Waals surface area (Å²) in [6, 6.07) is 15.7. The lowest BCUT2D eigenvalue weighted by atomic mass is 9.90. The van der Waals surface area contributed by atoms with Crippen LogP contribution in [0.5, 0.6) is 0 Å². The van der Waals surface area contributed by atoms with E-state index in [0.29, 0.717) is 6.42 Å². The number of hydrogen-bond donors (Lipinski definition) is 2. The second-order valence-electron chi connectivity index (χ2n) is 5.03. The molecule has 102 valence electrons. The molecule has 0 aliphatic heterocycles. The van der Waals surface area contributed by atoms with E-state index in [0.717, 1.165) is 22.1 Å². The first-order valence-corrected chi connectivity index (χ1v) is 7.34. The molecule has 1 aliphatic rings. The molecule has 0 aromatic heterocycles. The van der Waals surface area contributed by atoms with Crippen molar-refractivity contribution in [1.82, 2.24) is 0 Å². The number of para-hydroxylation sites is 1. The standard InChI is InChI=1S/C16H15BrN2O/c17-13-7-3-4-8-14(13)19-16(15(18)20)10-9-11-5-1-2-6-12(11)16/h1-8,19H,9-10H2,(H2,18,20). The number of nitrogens with one attached hydrogen (secondary N) is 1. The predicted octanol–water partition coefficient (Wildman–Crippen LogP) is 3.19. The van der Waals surface area contributed by atoms with Gasteiger partial charge in [0, 0.05) is 10.2 Å². The highest BCUT2D eigenvalue weighted by molar-refractivity contribution is 9.10. The lowest BCUT2D eigenvalue weighted by Gasteiger charge is -2.30. The highest BCUT2D eigenvalue weighted by Gasteiger charge is 2.44. The Morgan fingerprint density at radius 3 is 2.60 bits per heavy atom. The molecule has 0 saturated heterocycles. The van der Waals surface area contributed by atoms with Crippen LogP contribution in [0.2, 0.25) is 0 Å². The SMILES string of the molecule is NC(=O)C1(Nc2ccccc2Br)CCc2ccccc21. The molecule has 3 rings (SSSR count). The van der Waals surface area contributed by atoms with Crippen LogP contribution >= 0.6 is 15.9 Å². The third kappa shape index (κ3) is 2.00. The predicted molar refractivity (Wildman–Crippen MR) is 83.4 cm³/mol. The van der Waals surface area contributed by atoms with Crippen molar-refractivity contribution in [3.63, 3.8) is 0 Å². The largest absolute Gasteiger partial charge is 0.367 e. The molecule has 0 spiro atoms. The van der Waals surface area contributed by atoms with E-state index in [-0.39, 0.29) is 5.91 Å². The van der Waals surface area contributed by atoms with Crippen LogP contribution in [-0.2, 0) is 16.8 Å². The maximum atomic E-state index is 12.1. The molecule has 0 radical (unpaired) electrons. The van der Waals surface area contributed by atoms with Gasteiger partial charge < -0.3 is 11.1 Å². The van der Waals surface area contributed by atoms with Gasteiger partial charge in [-0.2, -0.15) is 0 Å². The van der Waals surface area contributed by atoms with E-state index >= 15 is 0 Å².